The number of carbonyl (C=O) groups is 1. The first-order chi connectivity index (χ1) is 4.66. The predicted octanol–water partition coefficient (Wildman–Crippen LogP) is 0.107. The summed E-state index contributed by atoms with van der Waals surface area (Å²) in [5.41, 5.74) is 5.19. The first-order valence-electron chi connectivity index (χ1n) is 3.63. The molecule has 60 valence electrons. The number of rotatable bonds is 4. The van der Waals surface area contributed by atoms with E-state index in [1.54, 1.807) is 0 Å². The molecule has 1 amide bonds. The van der Waals surface area contributed by atoms with Gasteiger partial charge in [0.05, 0.1) is 0 Å². The Hall–Kier alpha value is -0.570. The van der Waals surface area contributed by atoms with Crippen molar-refractivity contribution in [2.24, 2.45) is 11.7 Å². The molecule has 0 aliphatic heterocycles. The first kappa shape index (κ1) is 9.43. The van der Waals surface area contributed by atoms with E-state index in [-0.39, 0.29) is 5.91 Å². The van der Waals surface area contributed by atoms with Gasteiger partial charge in [-0.05, 0) is 5.92 Å². The third-order valence-corrected chi connectivity index (χ3v) is 1.06. The van der Waals surface area contributed by atoms with E-state index in [1.165, 1.54) is 0 Å². The molecule has 0 aromatic carbocycles. The van der Waals surface area contributed by atoms with E-state index in [4.69, 9.17) is 5.73 Å². The summed E-state index contributed by atoms with van der Waals surface area (Å²) in [7, 11) is 0. The van der Waals surface area contributed by atoms with Crippen LogP contribution in [0.2, 0.25) is 0 Å². The lowest BCUT2D eigenvalue weighted by atomic mass is 10.1. The van der Waals surface area contributed by atoms with E-state index in [1.807, 2.05) is 13.8 Å². The van der Waals surface area contributed by atoms with Crippen molar-refractivity contribution in [3.05, 3.63) is 0 Å². The normalized spacial score (nSPS) is 10.0. The summed E-state index contributed by atoms with van der Waals surface area (Å²) < 4.78 is 0. The number of nitrogens with one attached hydrogen (secondary N) is 1. The lowest BCUT2D eigenvalue weighted by molar-refractivity contribution is -0.121. The zero-order chi connectivity index (χ0) is 7.98. The highest BCUT2D eigenvalue weighted by Gasteiger charge is 2.01. The van der Waals surface area contributed by atoms with Crippen molar-refractivity contribution >= 4 is 5.91 Å². The van der Waals surface area contributed by atoms with Crippen LogP contribution < -0.4 is 11.1 Å². The second-order valence-corrected chi connectivity index (χ2v) is 2.74. The van der Waals surface area contributed by atoms with E-state index in [0.29, 0.717) is 25.4 Å². The fourth-order valence-electron chi connectivity index (χ4n) is 0.655. The standard InChI is InChI=1S/C7H16N2O/c1-6(2)5-7(10)9-4-3-8/h6H,3-5,8H2,1-2H3,(H,9,10). The van der Waals surface area contributed by atoms with E-state index in [0.717, 1.165) is 0 Å². The van der Waals surface area contributed by atoms with Crippen LogP contribution in [-0.2, 0) is 4.79 Å². The van der Waals surface area contributed by atoms with Crippen molar-refractivity contribution < 1.29 is 4.79 Å². The van der Waals surface area contributed by atoms with E-state index < -0.39 is 0 Å². The molecule has 0 aliphatic rings. The molecule has 0 atom stereocenters. The van der Waals surface area contributed by atoms with Gasteiger partial charge in [-0.1, -0.05) is 13.8 Å². The van der Waals surface area contributed by atoms with Gasteiger partial charge < -0.3 is 11.1 Å². The maximum absolute atomic E-state index is 10.8. The Balaban J connectivity index is 3.26. The summed E-state index contributed by atoms with van der Waals surface area (Å²) in [5.74, 6) is 0.526. The molecule has 3 heteroatoms. The van der Waals surface area contributed by atoms with Crippen LogP contribution in [0.15, 0.2) is 0 Å². The lowest BCUT2D eigenvalue weighted by Gasteiger charge is -2.04. The van der Waals surface area contributed by atoms with Crippen LogP contribution in [0.4, 0.5) is 0 Å². The molecule has 3 N–H and O–H groups in total. The Labute approximate surface area is 62.0 Å². The molecule has 0 aromatic rings. The molecule has 0 saturated carbocycles. The van der Waals surface area contributed by atoms with Crippen LogP contribution in [0.25, 0.3) is 0 Å². The third-order valence-electron chi connectivity index (χ3n) is 1.06. The number of hydrogen-bond donors (Lipinski definition) is 2. The van der Waals surface area contributed by atoms with Crippen molar-refractivity contribution in [1.29, 1.82) is 0 Å². The van der Waals surface area contributed by atoms with Crippen LogP contribution in [0.1, 0.15) is 20.3 Å². The Morgan fingerprint density at radius 1 is 1.60 bits per heavy atom. The highest BCUT2D eigenvalue weighted by atomic mass is 16.1. The van der Waals surface area contributed by atoms with Crippen LogP contribution in [0, 0.1) is 5.92 Å². The fraction of sp³-hybridized carbons (Fsp3) is 0.857. The van der Waals surface area contributed by atoms with Gasteiger partial charge in [0.1, 0.15) is 0 Å². The van der Waals surface area contributed by atoms with Crippen molar-refractivity contribution in [3.63, 3.8) is 0 Å². The van der Waals surface area contributed by atoms with Gasteiger partial charge in [0.25, 0.3) is 0 Å². The molecule has 0 bridgehead atoms. The molecule has 0 rings (SSSR count). The van der Waals surface area contributed by atoms with E-state index in [9.17, 15) is 4.79 Å². The molecule has 0 spiro atoms. The number of amides is 1. The zero-order valence-corrected chi connectivity index (χ0v) is 6.68. The summed E-state index contributed by atoms with van der Waals surface area (Å²) in [5, 5.41) is 2.70. The average molecular weight is 144 g/mol. The second-order valence-electron chi connectivity index (χ2n) is 2.74. The largest absolute Gasteiger partial charge is 0.355 e. The van der Waals surface area contributed by atoms with Crippen LogP contribution in [-0.4, -0.2) is 19.0 Å². The molecule has 0 radical (unpaired) electrons. The Morgan fingerprint density at radius 3 is 2.60 bits per heavy atom. The molecule has 3 nitrogen and oxygen atoms in total. The molecule has 10 heavy (non-hydrogen) atoms. The van der Waals surface area contributed by atoms with Crippen LogP contribution in [0.3, 0.4) is 0 Å². The predicted molar refractivity (Wildman–Crippen MR) is 41.5 cm³/mol. The van der Waals surface area contributed by atoms with E-state index in [2.05, 4.69) is 5.32 Å². The average Bonchev–Trinajstić information content (AvgIpc) is 1.82. The maximum atomic E-state index is 10.8. The zero-order valence-electron chi connectivity index (χ0n) is 6.68. The summed E-state index contributed by atoms with van der Waals surface area (Å²) in [4.78, 5) is 10.8. The van der Waals surface area contributed by atoms with Crippen molar-refractivity contribution in [3.8, 4) is 0 Å². The van der Waals surface area contributed by atoms with Gasteiger partial charge in [-0.15, -0.1) is 0 Å². The van der Waals surface area contributed by atoms with Gasteiger partial charge in [-0.2, -0.15) is 0 Å². The van der Waals surface area contributed by atoms with Crippen LogP contribution in [0.5, 0.6) is 0 Å². The number of carbonyl (C=O) groups excluding carboxylic acids is 1. The number of nitrogens with two attached hydrogens (primary N) is 1. The Bertz CT molecular complexity index is 102. The maximum Gasteiger partial charge on any atom is 0.220 e. The van der Waals surface area contributed by atoms with Gasteiger partial charge in [-0.25, -0.2) is 0 Å². The molecule has 0 aromatic heterocycles. The summed E-state index contributed by atoms with van der Waals surface area (Å²) in [6, 6.07) is 0. The SMILES string of the molecule is CC(C)CC(=O)NCCN. The number of hydrogen-bond acceptors (Lipinski definition) is 2. The first-order valence-corrected chi connectivity index (χ1v) is 3.63. The van der Waals surface area contributed by atoms with Crippen molar-refractivity contribution in [1.82, 2.24) is 5.32 Å². The molecule has 0 fully saturated rings. The van der Waals surface area contributed by atoms with Gasteiger partial charge in [0.2, 0.25) is 5.91 Å². The highest BCUT2D eigenvalue weighted by molar-refractivity contribution is 5.75. The van der Waals surface area contributed by atoms with Gasteiger partial charge in [-0.3, -0.25) is 4.79 Å². The molecule has 0 saturated heterocycles. The summed E-state index contributed by atoms with van der Waals surface area (Å²) in [6.45, 7) is 5.14. The molecule has 0 aliphatic carbocycles. The monoisotopic (exact) mass is 144 g/mol. The fourth-order valence-corrected chi connectivity index (χ4v) is 0.655. The second kappa shape index (κ2) is 5.23. The van der Waals surface area contributed by atoms with Gasteiger partial charge in [0.15, 0.2) is 0 Å². The van der Waals surface area contributed by atoms with Crippen LogP contribution >= 0.6 is 0 Å². The molecule has 0 heterocycles. The Morgan fingerprint density at radius 2 is 2.20 bits per heavy atom. The minimum absolute atomic E-state index is 0.0976. The molecule has 0 unspecified atom stereocenters. The third kappa shape index (κ3) is 5.56. The lowest BCUT2D eigenvalue weighted by Crippen LogP contribution is -2.29. The van der Waals surface area contributed by atoms with E-state index >= 15 is 0 Å². The smallest absolute Gasteiger partial charge is 0.220 e. The molecular formula is C7H16N2O. The minimum Gasteiger partial charge on any atom is -0.355 e. The quantitative estimate of drug-likeness (QED) is 0.588. The van der Waals surface area contributed by atoms with Gasteiger partial charge in [0, 0.05) is 19.5 Å². The van der Waals surface area contributed by atoms with Crippen molar-refractivity contribution in [2.45, 2.75) is 20.3 Å². The van der Waals surface area contributed by atoms with Crippen molar-refractivity contribution in [2.75, 3.05) is 13.1 Å². The highest BCUT2D eigenvalue weighted by Crippen LogP contribution is 1.97. The van der Waals surface area contributed by atoms with Gasteiger partial charge >= 0.3 is 0 Å². The minimum atomic E-state index is 0.0976. The summed E-state index contributed by atoms with van der Waals surface area (Å²) in [6.07, 6.45) is 0.597. The Kier molecular flexibility index (Phi) is 4.94. The summed E-state index contributed by atoms with van der Waals surface area (Å²) >= 11 is 0. The topological polar surface area (TPSA) is 55.1 Å². The molecular weight excluding hydrogens is 128 g/mol.